The first kappa shape index (κ1) is 25.8. The zero-order valence-electron chi connectivity index (χ0n) is 18.4. The fourth-order valence-electron chi connectivity index (χ4n) is 3.37. The monoisotopic (exact) mass is 470 g/mol. The van der Waals surface area contributed by atoms with Gasteiger partial charge in [0.1, 0.15) is 17.4 Å². The second-order valence-electron chi connectivity index (χ2n) is 7.04. The average Bonchev–Trinajstić information content (AvgIpc) is 2.71. The molecule has 0 aromatic heterocycles. The highest BCUT2D eigenvalue weighted by molar-refractivity contribution is 7.99. The van der Waals surface area contributed by atoms with E-state index in [0.29, 0.717) is 5.56 Å². The zero-order chi connectivity index (χ0) is 23.8. The van der Waals surface area contributed by atoms with Gasteiger partial charge in [0.15, 0.2) is 18.3 Å². The number of rotatable bonds is 9. The number of halogens is 1. The van der Waals surface area contributed by atoms with Crippen LogP contribution >= 0.6 is 11.8 Å². The first-order chi connectivity index (χ1) is 15.2. The van der Waals surface area contributed by atoms with Crippen LogP contribution in [0.1, 0.15) is 38.0 Å². The van der Waals surface area contributed by atoms with Gasteiger partial charge in [-0.2, -0.15) is 0 Å². The van der Waals surface area contributed by atoms with Crippen LogP contribution in [0.25, 0.3) is 0 Å². The van der Waals surface area contributed by atoms with Crippen LogP contribution in [-0.4, -0.2) is 54.5 Å². The van der Waals surface area contributed by atoms with E-state index < -0.39 is 53.6 Å². The zero-order valence-corrected chi connectivity index (χ0v) is 19.2. The van der Waals surface area contributed by atoms with Gasteiger partial charge in [-0.05, 0) is 24.0 Å². The average molecular weight is 471 g/mol. The predicted molar refractivity (Wildman–Crippen MR) is 114 cm³/mol. The summed E-state index contributed by atoms with van der Waals surface area (Å²) in [6, 6.07) is 4.28. The molecule has 0 amide bonds. The smallest absolute Gasteiger partial charge is 0.303 e. The van der Waals surface area contributed by atoms with Gasteiger partial charge in [-0.1, -0.05) is 12.1 Å². The van der Waals surface area contributed by atoms with Gasteiger partial charge in [-0.25, -0.2) is 4.39 Å². The van der Waals surface area contributed by atoms with Crippen LogP contribution in [0.3, 0.4) is 0 Å². The maximum Gasteiger partial charge on any atom is 0.303 e. The molecule has 0 saturated carbocycles. The second kappa shape index (κ2) is 12.0. The highest BCUT2D eigenvalue weighted by Crippen LogP contribution is 2.40. The molecule has 8 nitrogen and oxygen atoms in total. The molecule has 0 N–H and O–H groups in total. The van der Waals surface area contributed by atoms with E-state index in [9.17, 15) is 18.8 Å². The number of carbonyl (C=O) groups is 3. The standard InChI is InChI=1S/C22H27FO8S/c1-6-9-27-11-16-10-15(7-8-17(16)23)18-19(28-12(2)24)20(29-13(3)25)21(30-14(4)26)22(31-18)32-5/h6-8,10,18-22H,1,9,11H2,2-5H3/t18-,19-,20+,21-,22+/m0/s1. The van der Waals surface area contributed by atoms with Gasteiger partial charge >= 0.3 is 17.9 Å². The Balaban J connectivity index is 2.50. The molecule has 176 valence electrons. The molecule has 1 aromatic carbocycles. The van der Waals surface area contributed by atoms with E-state index in [1.54, 1.807) is 12.3 Å². The van der Waals surface area contributed by atoms with E-state index in [2.05, 4.69) is 6.58 Å². The molecule has 2 rings (SSSR count). The number of carbonyl (C=O) groups excluding carboxylic acids is 3. The number of hydrogen-bond acceptors (Lipinski definition) is 9. The largest absolute Gasteiger partial charge is 0.455 e. The van der Waals surface area contributed by atoms with Gasteiger partial charge < -0.3 is 23.7 Å². The molecule has 0 unspecified atom stereocenters. The normalized spacial score (nSPS) is 25.0. The van der Waals surface area contributed by atoms with Crippen molar-refractivity contribution in [2.45, 2.75) is 57.2 Å². The Bertz CT molecular complexity index is 845. The van der Waals surface area contributed by atoms with Crippen molar-refractivity contribution in [1.82, 2.24) is 0 Å². The third kappa shape index (κ3) is 6.78. The molecular weight excluding hydrogens is 443 g/mol. The molecule has 0 aliphatic carbocycles. The molecule has 0 spiro atoms. The summed E-state index contributed by atoms with van der Waals surface area (Å²) < 4.78 is 42.0. The van der Waals surface area contributed by atoms with Crippen LogP contribution in [0.15, 0.2) is 30.9 Å². The summed E-state index contributed by atoms with van der Waals surface area (Å²) in [5, 5.41) is 0. The summed E-state index contributed by atoms with van der Waals surface area (Å²) >= 11 is 1.23. The number of benzene rings is 1. The first-order valence-corrected chi connectivity index (χ1v) is 11.1. The van der Waals surface area contributed by atoms with E-state index in [4.69, 9.17) is 23.7 Å². The third-order valence-corrected chi connectivity index (χ3v) is 5.37. The van der Waals surface area contributed by atoms with Crippen LogP contribution in [0.4, 0.5) is 4.39 Å². The number of ether oxygens (including phenoxy) is 5. The van der Waals surface area contributed by atoms with Crippen molar-refractivity contribution >= 4 is 29.7 Å². The van der Waals surface area contributed by atoms with Crippen molar-refractivity contribution in [3.63, 3.8) is 0 Å². The van der Waals surface area contributed by atoms with Gasteiger partial charge in [0.2, 0.25) is 0 Å². The Labute approximate surface area is 190 Å². The molecule has 1 aromatic rings. The number of esters is 3. The third-order valence-electron chi connectivity index (χ3n) is 4.52. The minimum Gasteiger partial charge on any atom is -0.455 e. The van der Waals surface area contributed by atoms with Gasteiger partial charge in [-0.15, -0.1) is 18.3 Å². The maximum atomic E-state index is 14.3. The van der Waals surface area contributed by atoms with Crippen molar-refractivity contribution < 1.29 is 42.5 Å². The van der Waals surface area contributed by atoms with E-state index >= 15 is 0 Å². The Hall–Kier alpha value is -2.43. The van der Waals surface area contributed by atoms with Crippen LogP contribution < -0.4 is 0 Å². The van der Waals surface area contributed by atoms with Gasteiger partial charge in [-0.3, -0.25) is 14.4 Å². The van der Waals surface area contributed by atoms with Crippen LogP contribution in [-0.2, 0) is 44.7 Å². The Morgan fingerprint density at radius 2 is 1.66 bits per heavy atom. The minimum atomic E-state index is -1.14. The van der Waals surface area contributed by atoms with Crippen molar-refractivity contribution in [1.29, 1.82) is 0 Å². The van der Waals surface area contributed by atoms with Crippen LogP contribution in [0.5, 0.6) is 0 Å². The van der Waals surface area contributed by atoms with Gasteiger partial charge in [0.25, 0.3) is 0 Å². The molecule has 1 fully saturated rings. The molecular formula is C22H27FO8S. The highest BCUT2D eigenvalue weighted by atomic mass is 32.2. The molecule has 5 atom stereocenters. The van der Waals surface area contributed by atoms with Crippen molar-refractivity contribution in [2.24, 2.45) is 0 Å². The summed E-state index contributed by atoms with van der Waals surface area (Å²) in [5.74, 6) is -2.39. The SMILES string of the molecule is C=CCOCc1cc([C@@H]2O[C@H](SC)[C@@H](OC(C)=O)[C@H](OC(C)=O)[C@H]2OC(C)=O)ccc1F. The fraction of sp³-hybridized carbons (Fsp3) is 0.500. The van der Waals surface area contributed by atoms with Crippen LogP contribution in [0.2, 0.25) is 0 Å². The maximum absolute atomic E-state index is 14.3. The molecule has 1 saturated heterocycles. The summed E-state index contributed by atoms with van der Waals surface area (Å²) in [7, 11) is 0. The predicted octanol–water partition coefficient (Wildman–Crippen LogP) is 3.08. The number of thioether (sulfide) groups is 1. The summed E-state index contributed by atoms with van der Waals surface area (Å²) in [5.41, 5.74) is -0.000667. The topological polar surface area (TPSA) is 97.4 Å². The van der Waals surface area contributed by atoms with E-state index in [1.165, 1.54) is 50.7 Å². The lowest BCUT2D eigenvalue weighted by Crippen LogP contribution is -2.57. The molecule has 1 heterocycles. The molecule has 1 aliphatic rings. The highest BCUT2D eigenvalue weighted by Gasteiger charge is 2.52. The molecule has 0 bridgehead atoms. The first-order valence-electron chi connectivity index (χ1n) is 9.84. The Morgan fingerprint density at radius 1 is 1.06 bits per heavy atom. The lowest BCUT2D eigenvalue weighted by molar-refractivity contribution is -0.233. The van der Waals surface area contributed by atoms with E-state index in [0.717, 1.165) is 0 Å². The Morgan fingerprint density at radius 3 is 2.22 bits per heavy atom. The van der Waals surface area contributed by atoms with Gasteiger partial charge in [0, 0.05) is 26.3 Å². The molecule has 32 heavy (non-hydrogen) atoms. The van der Waals surface area contributed by atoms with Gasteiger partial charge in [0.05, 0.1) is 13.2 Å². The van der Waals surface area contributed by atoms with Crippen molar-refractivity contribution in [2.75, 3.05) is 12.9 Å². The second-order valence-corrected chi connectivity index (χ2v) is 7.97. The lowest BCUT2D eigenvalue weighted by Gasteiger charge is -2.44. The Kier molecular flexibility index (Phi) is 9.67. The van der Waals surface area contributed by atoms with Crippen molar-refractivity contribution in [3.05, 3.63) is 47.8 Å². The molecule has 10 heteroatoms. The molecule has 1 aliphatic heterocycles. The number of hydrogen-bond donors (Lipinski definition) is 0. The quantitative estimate of drug-likeness (QED) is 0.233. The van der Waals surface area contributed by atoms with E-state index in [-0.39, 0.29) is 18.8 Å². The summed E-state index contributed by atoms with van der Waals surface area (Å²) in [4.78, 5) is 35.4. The fourth-order valence-corrected chi connectivity index (χ4v) is 4.08. The summed E-state index contributed by atoms with van der Waals surface area (Å²) in [6.07, 6.45) is -0.952. The van der Waals surface area contributed by atoms with Crippen molar-refractivity contribution in [3.8, 4) is 0 Å². The van der Waals surface area contributed by atoms with E-state index in [1.807, 2.05) is 0 Å². The summed E-state index contributed by atoms with van der Waals surface area (Å²) in [6.45, 7) is 7.39. The van der Waals surface area contributed by atoms with Crippen LogP contribution in [0, 0.1) is 5.82 Å². The lowest BCUT2D eigenvalue weighted by atomic mass is 9.92. The molecule has 0 radical (unpaired) electrons. The minimum absolute atomic E-state index is 0.00789.